The van der Waals surface area contributed by atoms with Gasteiger partial charge in [0.2, 0.25) is 0 Å². The summed E-state index contributed by atoms with van der Waals surface area (Å²) >= 11 is 0. The van der Waals surface area contributed by atoms with Crippen molar-refractivity contribution in [2.75, 3.05) is 11.6 Å². The van der Waals surface area contributed by atoms with E-state index in [9.17, 15) is 0 Å². The van der Waals surface area contributed by atoms with Gasteiger partial charge in [-0.1, -0.05) is 60.1 Å². The second kappa shape index (κ2) is 11.3. The van der Waals surface area contributed by atoms with Gasteiger partial charge >= 0.3 is 0 Å². The van der Waals surface area contributed by atoms with Crippen LogP contribution in [0.1, 0.15) is 12.8 Å². The topological polar surface area (TPSA) is 35.8 Å². The monoisotopic (exact) mass is 328 g/mol. The van der Waals surface area contributed by atoms with Gasteiger partial charge in [-0.3, -0.25) is 0 Å². The number of benzene rings is 2. The molecule has 0 heterocycles. The van der Waals surface area contributed by atoms with Crippen molar-refractivity contribution in [3.8, 4) is 23.7 Å². The molecule has 2 aromatic rings. The molecular formula is C22H20N2O. The Hall–Kier alpha value is -3.27. The molecule has 0 aromatic heterocycles. The molecule has 0 saturated carbocycles. The molecule has 0 atom stereocenters. The quantitative estimate of drug-likeness (QED) is 0.387. The highest BCUT2D eigenvalue weighted by Crippen LogP contribution is 2.24. The number of aliphatic hydroxyl groups excluding tert-OH is 1. The Labute approximate surface area is 149 Å². The van der Waals surface area contributed by atoms with Crippen LogP contribution in [0.15, 0.2) is 77.9 Å². The molecule has 0 aliphatic carbocycles. The van der Waals surface area contributed by atoms with Crippen LogP contribution in [-0.2, 0) is 0 Å². The van der Waals surface area contributed by atoms with Crippen LogP contribution in [0, 0.1) is 23.7 Å². The number of allylic oxidation sites excluding steroid dienone is 2. The Bertz CT molecular complexity index is 764. The zero-order valence-electron chi connectivity index (χ0n) is 14.0. The molecule has 2 rings (SSSR count). The standard InChI is InChI=1S/C22H20N2O/c25-20-14-6-4-2-1-3-5-13-19-23-24(21-15-9-7-10-16-21)22-17-11-8-12-18-22/h2,4,7-12,15-19,25H,5,13,20H2/b4-2-,23-19+. The number of rotatable bonds is 5. The van der Waals surface area contributed by atoms with Gasteiger partial charge in [0, 0.05) is 12.6 Å². The van der Waals surface area contributed by atoms with E-state index in [0.717, 1.165) is 24.2 Å². The predicted octanol–water partition coefficient (Wildman–Crippen LogP) is 4.15. The van der Waals surface area contributed by atoms with Crippen LogP contribution in [0.2, 0.25) is 0 Å². The van der Waals surface area contributed by atoms with Gasteiger partial charge in [-0.25, -0.2) is 5.01 Å². The first kappa shape index (κ1) is 18.1. The molecule has 0 fully saturated rings. The number of para-hydroxylation sites is 2. The van der Waals surface area contributed by atoms with Crippen LogP contribution >= 0.6 is 0 Å². The van der Waals surface area contributed by atoms with Crippen molar-refractivity contribution in [1.29, 1.82) is 0 Å². The molecule has 0 radical (unpaired) electrons. The first-order valence-electron chi connectivity index (χ1n) is 8.07. The van der Waals surface area contributed by atoms with E-state index < -0.39 is 0 Å². The summed E-state index contributed by atoms with van der Waals surface area (Å²) in [4.78, 5) is 0. The summed E-state index contributed by atoms with van der Waals surface area (Å²) in [5.41, 5.74) is 2.03. The molecule has 0 unspecified atom stereocenters. The average molecular weight is 328 g/mol. The lowest BCUT2D eigenvalue weighted by Crippen LogP contribution is -2.08. The van der Waals surface area contributed by atoms with Crippen LogP contribution in [0.3, 0.4) is 0 Å². The maximum Gasteiger partial charge on any atom is 0.104 e. The normalized spacial score (nSPS) is 10.1. The molecule has 2 aromatic carbocycles. The number of anilines is 2. The second-order valence-corrected chi connectivity index (χ2v) is 4.95. The number of nitrogens with zero attached hydrogens (tertiary/aromatic N) is 2. The van der Waals surface area contributed by atoms with Crippen molar-refractivity contribution < 1.29 is 5.11 Å². The van der Waals surface area contributed by atoms with Crippen LogP contribution in [0.25, 0.3) is 0 Å². The van der Waals surface area contributed by atoms with E-state index in [1.54, 1.807) is 12.2 Å². The Morgan fingerprint density at radius 2 is 1.40 bits per heavy atom. The molecule has 0 aliphatic heterocycles. The van der Waals surface area contributed by atoms with Gasteiger partial charge in [0.15, 0.2) is 0 Å². The van der Waals surface area contributed by atoms with Gasteiger partial charge in [-0.15, -0.1) is 0 Å². The van der Waals surface area contributed by atoms with Crippen LogP contribution in [0.5, 0.6) is 0 Å². The lowest BCUT2D eigenvalue weighted by Gasteiger charge is -2.19. The van der Waals surface area contributed by atoms with Crippen molar-refractivity contribution in [3.05, 3.63) is 72.8 Å². The van der Waals surface area contributed by atoms with Gasteiger partial charge in [-0.2, -0.15) is 5.10 Å². The van der Waals surface area contributed by atoms with E-state index in [0.29, 0.717) is 0 Å². The van der Waals surface area contributed by atoms with Gasteiger partial charge in [0.05, 0.1) is 11.4 Å². The molecule has 0 aliphatic rings. The third-order valence-corrected chi connectivity index (χ3v) is 3.13. The van der Waals surface area contributed by atoms with Crippen molar-refractivity contribution >= 4 is 17.6 Å². The third-order valence-electron chi connectivity index (χ3n) is 3.13. The fourth-order valence-electron chi connectivity index (χ4n) is 2.02. The molecular weight excluding hydrogens is 308 g/mol. The van der Waals surface area contributed by atoms with Crippen LogP contribution in [-0.4, -0.2) is 17.9 Å². The van der Waals surface area contributed by atoms with E-state index in [2.05, 4.69) is 28.8 Å². The van der Waals surface area contributed by atoms with Crippen molar-refractivity contribution in [1.82, 2.24) is 0 Å². The average Bonchev–Trinajstić information content (AvgIpc) is 2.67. The van der Waals surface area contributed by atoms with E-state index >= 15 is 0 Å². The molecule has 3 nitrogen and oxygen atoms in total. The molecule has 25 heavy (non-hydrogen) atoms. The molecule has 0 spiro atoms. The van der Waals surface area contributed by atoms with Crippen LogP contribution in [0.4, 0.5) is 11.4 Å². The van der Waals surface area contributed by atoms with E-state index in [1.807, 2.05) is 71.9 Å². The number of hydrazone groups is 1. The summed E-state index contributed by atoms with van der Waals surface area (Å²) in [6, 6.07) is 20.1. The minimum atomic E-state index is -0.131. The molecule has 0 bridgehead atoms. The number of hydrogen-bond acceptors (Lipinski definition) is 3. The van der Waals surface area contributed by atoms with Crippen LogP contribution < -0.4 is 5.01 Å². The lowest BCUT2D eigenvalue weighted by molar-refractivity contribution is 0.350. The zero-order chi connectivity index (χ0) is 17.6. The fraction of sp³-hybridized carbons (Fsp3) is 0.136. The van der Waals surface area contributed by atoms with Gasteiger partial charge in [0.1, 0.15) is 6.61 Å². The summed E-state index contributed by atoms with van der Waals surface area (Å²) in [6.45, 7) is -0.131. The molecule has 1 N–H and O–H groups in total. The maximum absolute atomic E-state index is 8.51. The predicted molar refractivity (Wildman–Crippen MR) is 105 cm³/mol. The van der Waals surface area contributed by atoms with Gasteiger partial charge in [0.25, 0.3) is 0 Å². The Kier molecular flexibility index (Phi) is 8.17. The summed E-state index contributed by atoms with van der Waals surface area (Å²) < 4.78 is 0. The summed E-state index contributed by atoms with van der Waals surface area (Å²) in [5.74, 6) is 11.1. The lowest BCUT2D eigenvalue weighted by atomic mass is 10.2. The Morgan fingerprint density at radius 1 is 0.840 bits per heavy atom. The first-order valence-corrected chi connectivity index (χ1v) is 8.07. The molecule has 0 saturated heterocycles. The zero-order valence-corrected chi connectivity index (χ0v) is 14.0. The number of hydrogen-bond donors (Lipinski definition) is 1. The van der Waals surface area contributed by atoms with E-state index in [1.165, 1.54) is 0 Å². The SMILES string of the molecule is OCC#C/C=C\C#CCC/C=N/N(c1ccccc1)c1ccccc1. The molecule has 3 heteroatoms. The third kappa shape index (κ3) is 6.79. The number of aliphatic hydroxyl groups is 1. The highest BCUT2D eigenvalue weighted by atomic mass is 16.2. The van der Waals surface area contributed by atoms with E-state index in [-0.39, 0.29) is 6.61 Å². The van der Waals surface area contributed by atoms with Crippen molar-refractivity contribution in [2.24, 2.45) is 5.10 Å². The molecule has 0 amide bonds. The van der Waals surface area contributed by atoms with E-state index in [4.69, 9.17) is 5.11 Å². The Morgan fingerprint density at radius 3 is 1.96 bits per heavy atom. The first-order chi connectivity index (χ1) is 12.4. The second-order valence-electron chi connectivity index (χ2n) is 4.95. The smallest absolute Gasteiger partial charge is 0.104 e. The summed E-state index contributed by atoms with van der Waals surface area (Å²) in [5, 5.41) is 15.0. The minimum Gasteiger partial charge on any atom is -0.384 e. The van der Waals surface area contributed by atoms with Crippen molar-refractivity contribution in [3.63, 3.8) is 0 Å². The van der Waals surface area contributed by atoms with Gasteiger partial charge < -0.3 is 5.11 Å². The highest BCUT2D eigenvalue weighted by molar-refractivity contribution is 5.67. The fourth-order valence-corrected chi connectivity index (χ4v) is 2.02. The maximum atomic E-state index is 8.51. The minimum absolute atomic E-state index is 0.131. The summed E-state index contributed by atoms with van der Waals surface area (Å²) in [6.07, 6.45) is 6.67. The highest BCUT2D eigenvalue weighted by Gasteiger charge is 2.05. The number of unbranched alkanes of at least 4 members (excludes halogenated alkanes) is 1. The Balaban J connectivity index is 1.95. The van der Waals surface area contributed by atoms with Crippen molar-refractivity contribution in [2.45, 2.75) is 12.8 Å². The summed E-state index contributed by atoms with van der Waals surface area (Å²) in [7, 11) is 0. The largest absolute Gasteiger partial charge is 0.384 e. The van der Waals surface area contributed by atoms with Gasteiger partial charge in [-0.05, 0) is 42.8 Å². The molecule has 124 valence electrons.